The van der Waals surface area contributed by atoms with Crippen molar-refractivity contribution in [1.82, 2.24) is 9.97 Å². The molecule has 1 aromatic carbocycles. The van der Waals surface area contributed by atoms with Gasteiger partial charge < -0.3 is 15.5 Å². The molecule has 1 heterocycles. The minimum absolute atomic E-state index is 0.267. The fraction of sp³-hybridized carbons (Fsp3) is 0.231. The molecule has 0 atom stereocenters. The molecule has 0 amide bonds. The van der Waals surface area contributed by atoms with Gasteiger partial charge in [0.25, 0.3) is 0 Å². The maximum absolute atomic E-state index is 13.1. The maximum atomic E-state index is 13.1. The first kappa shape index (κ1) is 14.2. The lowest BCUT2D eigenvalue weighted by Gasteiger charge is -2.09. The Morgan fingerprint density at radius 2 is 2.05 bits per heavy atom. The Morgan fingerprint density at radius 3 is 2.75 bits per heavy atom. The molecule has 0 aliphatic heterocycles. The van der Waals surface area contributed by atoms with Gasteiger partial charge in [-0.3, -0.25) is 0 Å². The lowest BCUT2D eigenvalue weighted by atomic mass is 10.2. The zero-order valence-corrected chi connectivity index (χ0v) is 11.1. The minimum Gasteiger partial charge on any atom is -0.377 e. The van der Waals surface area contributed by atoms with Gasteiger partial charge in [-0.1, -0.05) is 12.1 Å². The molecule has 0 fully saturated rings. The Balaban J connectivity index is 2.10. The largest absolute Gasteiger partial charge is 0.377 e. The normalized spacial score (nSPS) is 10.3. The lowest BCUT2D eigenvalue weighted by molar-refractivity contribution is 0.178. The van der Waals surface area contributed by atoms with E-state index in [2.05, 4.69) is 20.7 Å². The molecular weight excluding hydrogens is 261 g/mol. The molecule has 0 spiro atoms. The van der Waals surface area contributed by atoms with Crippen LogP contribution in [-0.4, -0.2) is 17.1 Å². The highest BCUT2D eigenvalue weighted by Gasteiger charge is 2.04. The van der Waals surface area contributed by atoms with Crippen LogP contribution in [0.15, 0.2) is 30.3 Å². The SMILES string of the molecule is COCc1nc(NN)cc(NCc2cccc(F)c2)n1. The number of nitrogen functional groups attached to an aromatic ring is 1. The number of anilines is 2. The summed E-state index contributed by atoms with van der Waals surface area (Å²) in [5, 5.41) is 3.09. The van der Waals surface area contributed by atoms with Crippen LogP contribution >= 0.6 is 0 Å². The van der Waals surface area contributed by atoms with E-state index in [4.69, 9.17) is 10.6 Å². The molecule has 0 unspecified atom stereocenters. The third-order valence-electron chi connectivity index (χ3n) is 2.56. The fourth-order valence-corrected chi connectivity index (χ4v) is 1.69. The summed E-state index contributed by atoms with van der Waals surface area (Å²) in [6.45, 7) is 0.732. The predicted octanol–water partition coefficient (Wildman–Crippen LogP) is 1.66. The van der Waals surface area contributed by atoms with E-state index in [0.717, 1.165) is 5.56 Å². The van der Waals surface area contributed by atoms with Crippen molar-refractivity contribution in [3.63, 3.8) is 0 Å². The van der Waals surface area contributed by atoms with Gasteiger partial charge in [0.05, 0.1) is 0 Å². The highest BCUT2D eigenvalue weighted by Crippen LogP contribution is 2.13. The second-order valence-corrected chi connectivity index (χ2v) is 4.12. The van der Waals surface area contributed by atoms with E-state index < -0.39 is 0 Å². The number of hydrazine groups is 1. The van der Waals surface area contributed by atoms with E-state index in [9.17, 15) is 4.39 Å². The third-order valence-corrected chi connectivity index (χ3v) is 2.56. The molecule has 2 rings (SSSR count). The molecule has 0 bridgehead atoms. The van der Waals surface area contributed by atoms with Gasteiger partial charge in [0.15, 0.2) is 5.82 Å². The van der Waals surface area contributed by atoms with E-state index in [1.165, 1.54) is 12.1 Å². The molecule has 106 valence electrons. The smallest absolute Gasteiger partial charge is 0.158 e. The summed E-state index contributed by atoms with van der Waals surface area (Å²) in [5.41, 5.74) is 3.29. The van der Waals surface area contributed by atoms with Crippen LogP contribution in [0.25, 0.3) is 0 Å². The van der Waals surface area contributed by atoms with Crippen molar-refractivity contribution < 1.29 is 9.13 Å². The Labute approximate surface area is 116 Å². The third kappa shape index (κ3) is 3.87. The number of benzene rings is 1. The zero-order chi connectivity index (χ0) is 14.4. The van der Waals surface area contributed by atoms with E-state index in [-0.39, 0.29) is 12.4 Å². The van der Waals surface area contributed by atoms with Gasteiger partial charge in [-0.05, 0) is 17.7 Å². The van der Waals surface area contributed by atoms with Crippen LogP contribution in [0.3, 0.4) is 0 Å². The van der Waals surface area contributed by atoms with E-state index in [1.807, 2.05) is 6.07 Å². The zero-order valence-electron chi connectivity index (χ0n) is 11.1. The molecule has 0 aliphatic rings. The molecule has 7 heteroatoms. The molecule has 20 heavy (non-hydrogen) atoms. The van der Waals surface area contributed by atoms with E-state index in [0.29, 0.717) is 24.0 Å². The lowest BCUT2D eigenvalue weighted by Crippen LogP contribution is -2.12. The first-order valence-electron chi connectivity index (χ1n) is 6.03. The summed E-state index contributed by atoms with van der Waals surface area (Å²) in [4.78, 5) is 8.41. The second-order valence-electron chi connectivity index (χ2n) is 4.12. The van der Waals surface area contributed by atoms with Crippen molar-refractivity contribution >= 4 is 11.6 Å². The molecule has 0 radical (unpaired) electrons. The summed E-state index contributed by atoms with van der Waals surface area (Å²) in [5.74, 6) is 6.66. The highest BCUT2D eigenvalue weighted by atomic mass is 19.1. The summed E-state index contributed by atoms with van der Waals surface area (Å²) in [7, 11) is 1.56. The summed E-state index contributed by atoms with van der Waals surface area (Å²) in [6.07, 6.45) is 0. The fourth-order valence-electron chi connectivity index (χ4n) is 1.69. The first-order chi connectivity index (χ1) is 9.71. The van der Waals surface area contributed by atoms with Gasteiger partial charge in [-0.15, -0.1) is 0 Å². The molecular formula is C13H16FN5O. The van der Waals surface area contributed by atoms with Gasteiger partial charge in [-0.25, -0.2) is 20.2 Å². The summed E-state index contributed by atoms with van der Waals surface area (Å²) < 4.78 is 18.1. The maximum Gasteiger partial charge on any atom is 0.158 e. The van der Waals surface area contributed by atoms with Gasteiger partial charge in [0, 0.05) is 19.7 Å². The average Bonchev–Trinajstić information content (AvgIpc) is 2.45. The number of rotatable bonds is 6. The Hall–Kier alpha value is -2.25. The van der Waals surface area contributed by atoms with Crippen LogP contribution in [0.4, 0.5) is 16.0 Å². The second kappa shape index (κ2) is 6.78. The van der Waals surface area contributed by atoms with Crippen LogP contribution < -0.4 is 16.6 Å². The number of nitrogens with two attached hydrogens (primary N) is 1. The van der Waals surface area contributed by atoms with Gasteiger partial charge in [0.2, 0.25) is 0 Å². The molecule has 0 saturated heterocycles. The molecule has 0 saturated carbocycles. The number of methoxy groups -OCH3 is 1. The van der Waals surface area contributed by atoms with Crippen LogP contribution in [0.1, 0.15) is 11.4 Å². The molecule has 2 aromatic rings. The summed E-state index contributed by atoms with van der Waals surface area (Å²) >= 11 is 0. The quantitative estimate of drug-likeness (QED) is 0.550. The number of nitrogens with one attached hydrogen (secondary N) is 2. The topological polar surface area (TPSA) is 85.1 Å². The predicted molar refractivity (Wildman–Crippen MR) is 74.3 cm³/mol. The number of ether oxygens (including phenoxy) is 1. The minimum atomic E-state index is -0.267. The van der Waals surface area contributed by atoms with Crippen molar-refractivity contribution in [1.29, 1.82) is 0 Å². The van der Waals surface area contributed by atoms with Crippen LogP contribution in [0.2, 0.25) is 0 Å². The molecule has 4 N–H and O–H groups in total. The number of nitrogens with zero attached hydrogens (tertiary/aromatic N) is 2. The van der Waals surface area contributed by atoms with Crippen molar-refractivity contribution in [2.75, 3.05) is 17.9 Å². The van der Waals surface area contributed by atoms with Gasteiger partial charge in [0.1, 0.15) is 24.1 Å². The van der Waals surface area contributed by atoms with Crippen LogP contribution in [-0.2, 0) is 17.9 Å². The summed E-state index contributed by atoms with van der Waals surface area (Å²) in [6, 6.07) is 8.02. The van der Waals surface area contributed by atoms with Crippen molar-refractivity contribution in [3.05, 3.63) is 47.5 Å². The standard InChI is InChI=1S/C13H16FN5O/c1-20-8-13-17-11(6-12(18-13)19-15)16-7-9-3-2-4-10(14)5-9/h2-6H,7-8,15H2,1H3,(H2,16,17,18,19). The molecule has 6 nitrogen and oxygen atoms in total. The number of aromatic nitrogens is 2. The number of halogens is 1. The highest BCUT2D eigenvalue weighted by molar-refractivity contribution is 5.47. The number of hydrogen-bond acceptors (Lipinski definition) is 6. The van der Waals surface area contributed by atoms with Crippen LogP contribution in [0.5, 0.6) is 0 Å². The van der Waals surface area contributed by atoms with Crippen molar-refractivity contribution in [3.8, 4) is 0 Å². The first-order valence-corrected chi connectivity index (χ1v) is 6.03. The Bertz CT molecular complexity index is 578. The van der Waals surface area contributed by atoms with Gasteiger partial charge in [-0.2, -0.15) is 0 Å². The average molecular weight is 277 g/mol. The van der Waals surface area contributed by atoms with E-state index in [1.54, 1.807) is 19.2 Å². The van der Waals surface area contributed by atoms with Crippen LogP contribution in [0, 0.1) is 5.82 Å². The van der Waals surface area contributed by atoms with E-state index >= 15 is 0 Å². The Morgan fingerprint density at radius 1 is 1.25 bits per heavy atom. The molecule has 0 aliphatic carbocycles. The number of hydrogen-bond donors (Lipinski definition) is 3. The molecule has 1 aromatic heterocycles. The Kier molecular flexibility index (Phi) is 4.80. The van der Waals surface area contributed by atoms with Crippen molar-refractivity contribution in [2.45, 2.75) is 13.2 Å². The monoisotopic (exact) mass is 277 g/mol. The van der Waals surface area contributed by atoms with Gasteiger partial charge >= 0.3 is 0 Å². The van der Waals surface area contributed by atoms with Crippen molar-refractivity contribution in [2.24, 2.45) is 5.84 Å².